The predicted molar refractivity (Wildman–Crippen MR) is 164 cm³/mol. The minimum Gasteiger partial charge on any atom is -0.388 e. The van der Waals surface area contributed by atoms with E-state index in [4.69, 9.17) is 0 Å². The van der Waals surface area contributed by atoms with Crippen LogP contribution >= 0.6 is 0 Å². The summed E-state index contributed by atoms with van der Waals surface area (Å²) >= 11 is 0. The highest BCUT2D eigenvalue weighted by atomic mass is 19.3. The van der Waals surface area contributed by atoms with Crippen molar-refractivity contribution in [3.05, 3.63) is 88.9 Å². The van der Waals surface area contributed by atoms with Gasteiger partial charge in [-0.25, -0.2) is 18.4 Å². The molecular formula is C33H44F2N4O2. The van der Waals surface area contributed by atoms with Crippen LogP contribution in [0.2, 0.25) is 0 Å². The zero-order valence-electron chi connectivity index (χ0n) is 25.3. The van der Waals surface area contributed by atoms with Gasteiger partial charge < -0.3 is 10.4 Å². The number of aliphatic hydroxyl groups is 1. The highest BCUT2D eigenvalue weighted by molar-refractivity contribution is 5.94. The van der Waals surface area contributed by atoms with Crippen LogP contribution in [0.4, 0.5) is 14.6 Å². The third-order valence-corrected chi connectivity index (χ3v) is 6.49. The summed E-state index contributed by atoms with van der Waals surface area (Å²) in [5.74, 6) is -4.71. The number of hydrogen-bond acceptors (Lipinski definition) is 4. The molecule has 0 aliphatic heterocycles. The summed E-state index contributed by atoms with van der Waals surface area (Å²) in [6.45, 7) is 18.0. The van der Waals surface area contributed by atoms with Crippen LogP contribution < -0.4 is 5.32 Å². The quantitative estimate of drug-likeness (QED) is 0.269. The van der Waals surface area contributed by atoms with E-state index in [-0.39, 0.29) is 5.82 Å². The molecule has 0 saturated heterocycles. The van der Waals surface area contributed by atoms with Gasteiger partial charge in [-0.3, -0.25) is 4.79 Å². The summed E-state index contributed by atoms with van der Waals surface area (Å²) in [5, 5.41) is 17.2. The van der Waals surface area contributed by atoms with Gasteiger partial charge in [0.25, 0.3) is 5.92 Å². The van der Waals surface area contributed by atoms with E-state index in [2.05, 4.69) is 41.9 Å². The average Bonchev–Trinajstić information content (AvgIpc) is 3.28. The number of aromatic nitrogens is 3. The number of halogens is 2. The summed E-state index contributed by atoms with van der Waals surface area (Å²) in [5.41, 5.74) is 5.83. The third kappa shape index (κ3) is 9.18. The van der Waals surface area contributed by atoms with Crippen LogP contribution in [0.1, 0.15) is 78.4 Å². The van der Waals surface area contributed by atoms with E-state index in [0.29, 0.717) is 12.0 Å². The van der Waals surface area contributed by atoms with Gasteiger partial charge in [-0.05, 0) is 79.7 Å². The van der Waals surface area contributed by atoms with Gasteiger partial charge in [-0.15, -0.1) is 0 Å². The monoisotopic (exact) mass is 566 g/mol. The Bertz CT molecular complexity index is 1320. The van der Waals surface area contributed by atoms with Gasteiger partial charge >= 0.3 is 0 Å². The van der Waals surface area contributed by atoms with Crippen LogP contribution in [-0.2, 0) is 4.79 Å². The molecule has 2 N–H and O–H groups in total. The normalized spacial score (nSPS) is 17.9. The van der Waals surface area contributed by atoms with Crippen LogP contribution in [0.3, 0.4) is 0 Å². The van der Waals surface area contributed by atoms with Gasteiger partial charge in [0.15, 0.2) is 0 Å². The SMILES string of the molecule is C=C(\C=C(C)/C(=C\C)C(=C/c1cnc(NC(=O)C2CC2(F)F)cc1C)/C(=C/CC)n1cccn1)C(O)CC.CCC. The van der Waals surface area contributed by atoms with Crippen LogP contribution in [0.25, 0.3) is 11.8 Å². The van der Waals surface area contributed by atoms with E-state index in [1.807, 2.05) is 65.1 Å². The van der Waals surface area contributed by atoms with Crippen molar-refractivity contribution in [1.29, 1.82) is 0 Å². The summed E-state index contributed by atoms with van der Waals surface area (Å²) in [6, 6.07) is 3.53. The van der Waals surface area contributed by atoms with Crippen LogP contribution in [0.5, 0.6) is 0 Å². The number of aliphatic hydroxyl groups excluding tert-OH is 1. The molecule has 1 aliphatic rings. The van der Waals surface area contributed by atoms with Crippen LogP contribution in [0.15, 0.2) is 77.8 Å². The molecule has 1 amide bonds. The Balaban J connectivity index is 0.00000187. The van der Waals surface area contributed by atoms with Crippen LogP contribution in [-0.4, -0.2) is 37.8 Å². The molecule has 2 unspecified atom stereocenters. The third-order valence-electron chi connectivity index (χ3n) is 6.49. The first kappa shape index (κ1) is 33.6. The number of carbonyl (C=O) groups is 1. The minimum atomic E-state index is -2.93. The summed E-state index contributed by atoms with van der Waals surface area (Å²) in [4.78, 5) is 16.4. The Morgan fingerprint density at radius 1 is 1.29 bits per heavy atom. The van der Waals surface area contributed by atoms with Gasteiger partial charge in [0.2, 0.25) is 5.91 Å². The van der Waals surface area contributed by atoms with Crippen molar-refractivity contribution in [2.75, 3.05) is 5.32 Å². The number of nitrogens with one attached hydrogen (secondary N) is 1. The molecule has 2 aromatic heterocycles. The van der Waals surface area contributed by atoms with Crippen molar-refractivity contribution in [2.45, 2.75) is 86.2 Å². The summed E-state index contributed by atoms with van der Waals surface area (Å²) < 4.78 is 28.4. The van der Waals surface area contributed by atoms with Gasteiger partial charge in [0, 0.05) is 30.6 Å². The second-order valence-corrected chi connectivity index (χ2v) is 10.2. The van der Waals surface area contributed by atoms with Gasteiger partial charge in [-0.2, -0.15) is 5.10 Å². The molecule has 222 valence electrons. The zero-order valence-corrected chi connectivity index (χ0v) is 25.3. The first-order valence-electron chi connectivity index (χ1n) is 14.2. The molecule has 1 saturated carbocycles. The molecular weight excluding hydrogens is 522 g/mol. The maximum Gasteiger partial charge on any atom is 0.260 e. The van der Waals surface area contributed by atoms with Crippen molar-refractivity contribution in [3.8, 4) is 0 Å². The lowest BCUT2D eigenvalue weighted by Gasteiger charge is -2.19. The van der Waals surface area contributed by atoms with Gasteiger partial charge in [-0.1, -0.05) is 58.9 Å². The van der Waals surface area contributed by atoms with Crippen molar-refractivity contribution in [2.24, 2.45) is 5.92 Å². The number of alkyl halides is 2. The number of pyridine rings is 1. The highest BCUT2D eigenvalue weighted by Gasteiger charge is 2.61. The molecule has 0 bridgehead atoms. The fourth-order valence-corrected chi connectivity index (χ4v) is 4.18. The number of amides is 1. The first-order chi connectivity index (χ1) is 19.4. The Kier molecular flexibility index (Phi) is 12.6. The molecule has 2 heterocycles. The molecule has 1 fully saturated rings. The number of allylic oxidation sites excluding steroid dienone is 6. The van der Waals surface area contributed by atoms with E-state index in [1.165, 1.54) is 6.42 Å². The van der Waals surface area contributed by atoms with E-state index in [9.17, 15) is 18.7 Å². The minimum absolute atomic E-state index is 0.234. The first-order valence-corrected chi connectivity index (χ1v) is 14.2. The van der Waals surface area contributed by atoms with Crippen LogP contribution in [0, 0.1) is 12.8 Å². The number of aryl methyl sites for hydroxylation is 1. The van der Waals surface area contributed by atoms with Gasteiger partial charge in [0.1, 0.15) is 11.7 Å². The van der Waals surface area contributed by atoms with Gasteiger partial charge in [0.05, 0.1) is 11.8 Å². The molecule has 41 heavy (non-hydrogen) atoms. The molecule has 6 nitrogen and oxygen atoms in total. The number of anilines is 1. The smallest absolute Gasteiger partial charge is 0.260 e. The van der Waals surface area contributed by atoms with E-state index < -0.39 is 30.3 Å². The fourth-order valence-electron chi connectivity index (χ4n) is 4.18. The Labute approximate surface area is 243 Å². The summed E-state index contributed by atoms with van der Waals surface area (Å²) in [7, 11) is 0. The molecule has 0 spiro atoms. The topological polar surface area (TPSA) is 80.0 Å². The second kappa shape index (κ2) is 15.4. The molecule has 1 aliphatic carbocycles. The van der Waals surface area contributed by atoms with Crippen molar-refractivity contribution < 1.29 is 18.7 Å². The second-order valence-electron chi connectivity index (χ2n) is 10.2. The lowest BCUT2D eigenvalue weighted by molar-refractivity contribution is -0.119. The number of rotatable bonds is 11. The lowest BCUT2D eigenvalue weighted by Crippen LogP contribution is -2.18. The largest absolute Gasteiger partial charge is 0.388 e. The zero-order chi connectivity index (χ0) is 30.7. The fraction of sp³-hybridized carbons (Fsp3) is 0.424. The van der Waals surface area contributed by atoms with Crippen molar-refractivity contribution in [3.63, 3.8) is 0 Å². The molecule has 0 aromatic carbocycles. The van der Waals surface area contributed by atoms with Crippen molar-refractivity contribution in [1.82, 2.24) is 14.8 Å². The lowest BCUT2D eigenvalue weighted by atomic mass is 9.91. The summed E-state index contributed by atoms with van der Waals surface area (Å²) in [6.07, 6.45) is 14.7. The Hall–Kier alpha value is -3.65. The Morgan fingerprint density at radius 3 is 2.44 bits per heavy atom. The number of nitrogens with zero attached hydrogens (tertiary/aromatic N) is 3. The maximum absolute atomic E-state index is 13.3. The maximum atomic E-state index is 13.3. The van der Waals surface area contributed by atoms with E-state index >= 15 is 0 Å². The van der Waals surface area contributed by atoms with E-state index in [1.54, 1.807) is 23.1 Å². The average molecular weight is 567 g/mol. The standard InChI is InChI=1S/C30H36F2N4O2.C3H8/c1-7-11-26(36-13-10-12-34-36)24(23(8-2)20(5)14-21(6)27(37)9-3)16-22-18-33-28(15-19(22)4)35-29(38)25-17-30(25,31)32;1-3-2/h8,10-16,18,25,27,37H,6-7,9,17H2,1-5H3,(H,33,35,38);3H2,1-2H3/b20-14-,23-8+,24-16-,26-11-;. The highest BCUT2D eigenvalue weighted by Crippen LogP contribution is 2.49. The number of carbonyl (C=O) groups excluding carboxylic acids is 1. The molecule has 8 heteroatoms. The predicted octanol–water partition coefficient (Wildman–Crippen LogP) is 8.15. The molecule has 0 radical (unpaired) electrons. The van der Waals surface area contributed by atoms with Crippen molar-refractivity contribution >= 4 is 23.5 Å². The number of hydrogen-bond donors (Lipinski definition) is 2. The molecule has 2 atom stereocenters. The Morgan fingerprint density at radius 2 is 1.95 bits per heavy atom. The molecule has 2 aromatic rings. The van der Waals surface area contributed by atoms with E-state index in [0.717, 1.165) is 40.0 Å². The molecule has 3 rings (SSSR count).